The van der Waals surface area contributed by atoms with E-state index >= 15 is 0 Å². The van der Waals surface area contributed by atoms with Crippen LogP contribution in [0.25, 0.3) is 0 Å². The summed E-state index contributed by atoms with van der Waals surface area (Å²) in [6.45, 7) is 6.61. The molecule has 0 saturated carbocycles. The van der Waals surface area contributed by atoms with E-state index in [1.165, 1.54) is 21.6 Å². The molecule has 3 amide bonds. The highest BCUT2D eigenvalue weighted by atomic mass is 32.1. The zero-order valence-electron chi connectivity index (χ0n) is 19.7. The molecule has 0 saturated heterocycles. The third-order valence-corrected chi connectivity index (χ3v) is 7.24. The molecule has 3 aromatic rings. The van der Waals surface area contributed by atoms with E-state index in [2.05, 4.69) is 70.6 Å². The van der Waals surface area contributed by atoms with Crippen molar-refractivity contribution in [3.8, 4) is 0 Å². The Labute approximate surface area is 204 Å². The highest BCUT2D eigenvalue weighted by Gasteiger charge is 2.26. The van der Waals surface area contributed by atoms with Crippen LogP contribution in [-0.2, 0) is 24.2 Å². The van der Waals surface area contributed by atoms with E-state index in [0.717, 1.165) is 25.3 Å². The third kappa shape index (κ3) is 6.27. The number of benzene rings is 1. The van der Waals surface area contributed by atoms with Gasteiger partial charge in [0.25, 0.3) is 0 Å². The van der Waals surface area contributed by atoms with Crippen LogP contribution >= 0.6 is 11.3 Å². The van der Waals surface area contributed by atoms with E-state index < -0.39 is 6.03 Å². The summed E-state index contributed by atoms with van der Waals surface area (Å²) in [6.07, 6.45) is 3.31. The normalized spacial score (nSPS) is 14.4. The minimum atomic E-state index is -0.427. The number of amides is 3. The number of nitrogens with zero attached hydrogens (tertiary/aromatic N) is 1. The Bertz CT molecular complexity index is 1080. The first-order valence-corrected chi connectivity index (χ1v) is 12.6. The molecule has 0 fully saturated rings. The van der Waals surface area contributed by atoms with Gasteiger partial charge in [-0.25, -0.2) is 10.2 Å². The lowest BCUT2D eigenvalue weighted by atomic mass is 9.97. The van der Waals surface area contributed by atoms with Gasteiger partial charge in [0, 0.05) is 37.4 Å². The third-order valence-electron chi connectivity index (χ3n) is 6.22. The predicted molar refractivity (Wildman–Crippen MR) is 133 cm³/mol. The first-order valence-electron chi connectivity index (χ1n) is 11.7. The minimum Gasteiger partial charge on any atom is -0.469 e. The summed E-state index contributed by atoms with van der Waals surface area (Å²) < 4.78 is 5.23. The summed E-state index contributed by atoms with van der Waals surface area (Å²) in [7, 11) is 0. The van der Waals surface area contributed by atoms with Crippen LogP contribution in [-0.4, -0.2) is 29.9 Å². The quantitative estimate of drug-likeness (QED) is 0.414. The van der Waals surface area contributed by atoms with Crippen LogP contribution in [0.4, 0.5) is 4.79 Å². The summed E-state index contributed by atoms with van der Waals surface area (Å²) in [5, 5.41) is 5.09. The van der Waals surface area contributed by atoms with Crippen molar-refractivity contribution < 1.29 is 14.0 Å². The highest BCUT2D eigenvalue weighted by Crippen LogP contribution is 2.30. The van der Waals surface area contributed by atoms with E-state index in [1.807, 2.05) is 17.4 Å². The SMILES string of the molecule is CC(C)c1ccc([C@H](CNC(=O)NNC(=O)CCc2ccco2)N2CCc3sccc3C2)cc1. The maximum atomic E-state index is 12.4. The predicted octanol–water partition coefficient (Wildman–Crippen LogP) is 4.53. The van der Waals surface area contributed by atoms with Crippen molar-refractivity contribution in [1.29, 1.82) is 0 Å². The molecule has 1 atom stereocenters. The van der Waals surface area contributed by atoms with E-state index in [1.54, 1.807) is 12.3 Å². The summed E-state index contributed by atoms with van der Waals surface area (Å²) in [5.41, 5.74) is 8.76. The van der Waals surface area contributed by atoms with Crippen LogP contribution in [0.3, 0.4) is 0 Å². The minimum absolute atomic E-state index is 0.0367. The number of urea groups is 1. The van der Waals surface area contributed by atoms with E-state index in [0.29, 0.717) is 18.9 Å². The Morgan fingerprint density at radius 2 is 1.88 bits per heavy atom. The maximum Gasteiger partial charge on any atom is 0.333 e. The summed E-state index contributed by atoms with van der Waals surface area (Å²) in [4.78, 5) is 28.3. The molecule has 3 heterocycles. The molecule has 0 radical (unpaired) electrons. The van der Waals surface area contributed by atoms with E-state index in [9.17, 15) is 9.59 Å². The van der Waals surface area contributed by atoms with Crippen molar-refractivity contribution in [3.63, 3.8) is 0 Å². The zero-order valence-corrected chi connectivity index (χ0v) is 20.5. The number of carbonyl (C=O) groups is 2. The molecular formula is C26H32N4O3S. The molecule has 4 rings (SSSR count). The zero-order chi connectivity index (χ0) is 23.9. The van der Waals surface area contributed by atoms with Crippen LogP contribution in [0.1, 0.15) is 59.6 Å². The van der Waals surface area contributed by atoms with Gasteiger partial charge < -0.3 is 9.73 Å². The van der Waals surface area contributed by atoms with Crippen LogP contribution in [0, 0.1) is 0 Å². The number of nitrogens with one attached hydrogen (secondary N) is 3. The number of hydrogen-bond acceptors (Lipinski definition) is 5. The van der Waals surface area contributed by atoms with Gasteiger partial charge in [0.2, 0.25) is 5.91 Å². The fraction of sp³-hybridized carbons (Fsp3) is 0.385. The molecular weight excluding hydrogens is 448 g/mol. The van der Waals surface area contributed by atoms with Crippen LogP contribution in [0.5, 0.6) is 0 Å². The van der Waals surface area contributed by atoms with Crippen molar-refractivity contribution in [1.82, 2.24) is 21.1 Å². The number of furan rings is 1. The highest BCUT2D eigenvalue weighted by molar-refractivity contribution is 7.10. The molecule has 7 nitrogen and oxygen atoms in total. The first-order chi connectivity index (χ1) is 16.5. The Kier molecular flexibility index (Phi) is 8.03. The lowest BCUT2D eigenvalue weighted by Crippen LogP contribution is -2.49. The van der Waals surface area contributed by atoms with E-state index in [-0.39, 0.29) is 18.4 Å². The molecule has 3 N–H and O–H groups in total. The molecule has 0 bridgehead atoms. The Morgan fingerprint density at radius 3 is 2.62 bits per heavy atom. The van der Waals surface area contributed by atoms with Gasteiger partial charge in [0.1, 0.15) is 5.76 Å². The number of hydrazine groups is 1. The van der Waals surface area contributed by atoms with Gasteiger partial charge in [0.15, 0.2) is 0 Å². The molecule has 1 aliphatic heterocycles. The Hall–Kier alpha value is -3.10. The monoisotopic (exact) mass is 480 g/mol. The molecule has 0 unspecified atom stereocenters. The molecule has 34 heavy (non-hydrogen) atoms. The van der Waals surface area contributed by atoms with Crippen LogP contribution in [0.2, 0.25) is 0 Å². The van der Waals surface area contributed by atoms with Gasteiger partial charge in [-0.05, 0) is 52.6 Å². The van der Waals surface area contributed by atoms with Gasteiger partial charge in [-0.15, -0.1) is 11.3 Å². The average molecular weight is 481 g/mol. The number of aryl methyl sites for hydroxylation is 1. The summed E-state index contributed by atoms with van der Waals surface area (Å²) in [6, 6.07) is 14.1. The average Bonchev–Trinajstić information content (AvgIpc) is 3.53. The number of thiophene rings is 1. The molecule has 1 aliphatic rings. The van der Waals surface area contributed by atoms with Gasteiger partial charge in [-0.3, -0.25) is 15.1 Å². The van der Waals surface area contributed by atoms with Crippen LogP contribution < -0.4 is 16.2 Å². The number of rotatable bonds is 8. The van der Waals surface area contributed by atoms with Crippen molar-refractivity contribution >= 4 is 23.3 Å². The topological polar surface area (TPSA) is 86.6 Å². The molecule has 0 spiro atoms. The number of carbonyl (C=O) groups excluding carboxylic acids is 2. The van der Waals surface area contributed by atoms with Crippen molar-refractivity contribution in [2.45, 2.75) is 51.6 Å². The fourth-order valence-corrected chi connectivity index (χ4v) is 5.10. The van der Waals surface area contributed by atoms with Gasteiger partial charge in [-0.1, -0.05) is 38.1 Å². The molecule has 1 aromatic carbocycles. The molecule has 180 valence electrons. The molecule has 2 aromatic heterocycles. The first kappa shape index (κ1) is 24.0. The van der Waals surface area contributed by atoms with Crippen LogP contribution in [0.15, 0.2) is 58.5 Å². The van der Waals surface area contributed by atoms with Gasteiger partial charge in [-0.2, -0.15) is 0 Å². The largest absolute Gasteiger partial charge is 0.469 e. The smallest absolute Gasteiger partial charge is 0.333 e. The van der Waals surface area contributed by atoms with Crippen molar-refractivity contribution in [3.05, 3.63) is 81.4 Å². The van der Waals surface area contributed by atoms with Gasteiger partial charge >= 0.3 is 6.03 Å². The second-order valence-corrected chi connectivity index (χ2v) is 9.89. The van der Waals surface area contributed by atoms with Crippen molar-refractivity contribution in [2.24, 2.45) is 0 Å². The van der Waals surface area contributed by atoms with Gasteiger partial charge in [0.05, 0.1) is 12.3 Å². The summed E-state index contributed by atoms with van der Waals surface area (Å²) >= 11 is 1.82. The number of fused-ring (bicyclic) bond motifs is 1. The lowest BCUT2D eigenvalue weighted by molar-refractivity contribution is -0.121. The summed E-state index contributed by atoms with van der Waals surface area (Å²) in [5.74, 6) is 0.936. The van der Waals surface area contributed by atoms with E-state index in [4.69, 9.17) is 4.42 Å². The Balaban J connectivity index is 1.34. The van der Waals surface area contributed by atoms with Crippen molar-refractivity contribution in [2.75, 3.05) is 13.1 Å². The maximum absolute atomic E-state index is 12.4. The second-order valence-electron chi connectivity index (χ2n) is 8.89. The standard InChI is InChI=1S/C26H32N4O3S/c1-18(2)19-5-7-20(8-6-19)23(30-13-11-24-21(17-30)12-15-34-24)16-27-26(32)29-28-25(31)10-9-22-4-3-14-33-22/h3-8,12,14-15,18,23H,9-11,13,16-17H2,1-2H3,(H,28,31)(H2,27,29,32)/t23-/m0/s1. The number of hydrogen-bond donors (Lipinski definition) is 3. The fourth-order valence-electron chi connectivity index (χ4n) is 4.21. The lowest BCUT2D eigenvalue weighted by Gasteiger charge is -2.35. The Morgan fingerprint density at radius 1 is 1.09 bits per heavy atom. The molecule has 8 heteroatoms. The molecule has 0 aliphatic carbocycles. The second kappa shape index (κ2) is 11.4.